The van der Waals surface area contributed by atoms with Crippen molar-refractivity contribution in [2.24, 2.45) is 11.8 Å². The molecule has 0 spiro atoms. The van der Waals surface area contributed by atoms with Gasteiger partial charge in [-0.05, 0) is 44.7 Å². The van der Waals surface area contributed by atoms with E-state index in [1.807, 2.05) is 43.3 Å². The Kier molecular flexibility index (Phi) is 5.87. The third-order valence-electron chi connectivity index (χ3n) is 4.83. The van der Waals surface area contributed by atoms with E-state index >= 15 is 0 Å². The van der Waals surface area contributed by atoms with Crippen molar-refractivity contribution in [2.75, 3.05) is 18.5 Å². The van der Waals surface area contributed by atoms with E-state index in [-0.39, 0.29) is 24.6 Å². The molecule has 1 N–H and O–H groups in total. The lowest BCUT2D eigenvalue weighted by Gasteiger charge is -2.26. The fraction of sp³-hybridized carbons (Fsp3) is 0.500. The largest absolute Gasteiger partial charge is 0.463 e. The molecule has 0 saturated carbocycles. The first-order valence-electron chi connectivity index (χ1n) is 8.94. The average molecular weight is 343 g/mol. The number of hydrogen-bond acceptors (Lipinski definition) is 4. The number of carbonyl (C=O) groups excluding carboxylic acids is 2. The van der Waals surface area contributed by atoms with Crippen LogP contribution in [0.15, 0.2) is 36.4 Å². The van der Waals surface area contributed by atoms with E-state index in [0.29, 0.717) is 12.8 Å². The van der Waals surface area contributed by atoms with Crippen molar-refractivity contribution < 1.29 is 19.1 Å². The summed E-state index contributed by atoms with van der Waals surface area (Å²) < 4.78 is 10.9. The van der Waals surface area contributed by atoms with Crippen molar-refractivity contribution in [1.82, 2.24) is 0 Å². The number of anilines is 1. The minimum Gasteiger partial charge on any atom is -0.463 e. The lowest BCUT2D eigenvalue weighted by molar-refractivity contribution is -0.155. The van der Waals surface area contributed by atoms with Gasteiger partial charge in [-0.15, -0.1) is 0 Å². The number of rotatable bonds is 5. The van der Waals surface area contributed by atoms with Crippen molar-refractivity contribution in [3.05, 3.63) is 42.0 Å². The second-order valence-corrected chi connectivity index (χ2v) is 6.78. The smallest absolute Gasteiger partial charge is 0.310 e. The van der Waals surface area contributed by atoms with E-state index in [0.717, 1.165) is 30.7 Å². The molecule has 1 amide bonds. The first-order chi connectivity index (χ1) is 12.1. The lowest BCUT2D eigenvalue weighted by Crippen LogP contribution is -2.36. The zero-order valence-corrected chi connectivity index (χ0v) is 14.6. The van der Waals surface area contributed by atoms with Crippen LogP contribution in [0.2, 0.25) is 0 Å². The van der Waals surface area contributed by atoms with Crippen LogP contribution in [0.5, 0.6) is 0 Å². The van der Waals surface area contributed by atoms with Gasteiger partial charge in [0.2, 0.25) is 5.91 Å². The van der Waals surface area contributed by atoms with Crippen molar-refractivity contribution in [3.63, 3.8) is 0 Å². The van der Waals surface area contributed by atoms with Crippen LogP contribution in [-0.4, -0.2) is 31.2 Å². The number of ether oxygens (including phenoxy) is 2. The number of hydrogen-bond donors (Lipinski definition) is 1. The molecule has 1 fully saturated rings. The van der Waals surface area contributed by atoms with Gasteiger partial charge in [0.1, 0.15) is 6.61 Å². The molecule has 1 aliphatic heterocycles. The molecule has 1 heterocycles. The minimum absolute atomic E-state index is 0.00270. The highest BCUT2D eigenvalue weighted by Crippen LogP contribution is 2.28. The normalized spacial score (nSPS) is 25.6. The summed E-state index contributed by atoms with van der Waals surface area (Å²) in [5, 5.41) is 2.92. The summed E-state index contributed by atoms with van der Waals surface area (Å²) in [6.45, 7) is 3.01. The van der Waals surface area contributed by atoms with Gasteiger partial charge in [-0.3, -0.25) is 9.59 Å². The summed E-state index contributed by atoms with van der Waals surface area (Å²) >= 11 is 0. The molecule has 1 aliphatic carbocycles. The zero-order chi connectivity index (χ0) is 17.6. The Balaban J connectivity index is 1.59. The van der Waals surface area contributed by atoms with Gasteiger partial charge in [0.25, 0.3) is 0 Å². The maximum Gasteiger partial charge on any atom is 0.310 e. The number of nitrogens with one attached hydrogen (secondary N) is 1. The van der Waals surface area contributed by atoms with E-state index in [2.05, 4.69) is 5.32 Å². The Hall–Kier alpha value is -2.14. The fourth-order valence-corrected chi connectivity index (χ4v) is 3.29. The van der Waals surface area contributed by atoms with Crippen LogP contribution < -0.4 is 5.32 Å². The summed E-state index contributed by atoms with van der Waals surface area (Å²) in [7, 11) is 0. The molecule has 0 bridgehead atoms. The molecular weight excluding hydrogens is 318 g/mol. The van der Waals surface area contributed by atoms with Crippen LogP contribution in [0.3, 0.4) is 0 Å². The molecule has 0 aromatic heterocycles. The van der Waals surface area contributed by atoms with Crippen LogP contribution >= 0.6 is 0 Å². The number of aryl methyl sites for hydroxylation is 1. The lowest BCUT2D eigenvalue weighted by atomic mass is 9.82. The van der Waals surface area contributed by atoms with Gasteiger partial charge in [-0.2, -0.15) is 0 Å². The van der Waals surface area contributed by atoms with Crippen molar-refractivity contribution in [3.8, 4) is 0 Å². The number of esters is 1. The van der Waals surface area contributed by atoms with Crippen LogP contribution in [0, 0.1) is 18.8 Å². The molecule has 25 heavy (non-hydrogen) atoms. The number of carbonyl (C=O) groups is 2. The molecule has 134 valence electrons. The second kappa shape index (κ2) is 8.30. The summed E-state index contributed by atoms with van der Waals surface area (Å²) in [5.41, 5.74) is 1.88. The van der Waals surface area contributed by atoms with E-state index < -0.39 is 11.8 Å². The third kappa shape index (κ3) is 4.69. The highest BCUT2D eigenvalue weighted by Gasteiger charge is 2.35. The van der Waals surface area contributed by atoms with Crippen molar-refractivity contribution >= 4 is 17.6 Å². The summed E-state index contributed by atoms with van der Waals surface area (Å²) in [6.07, 6.45) is 6.94. The maximum atomic E-state index is 12.7. The van der Waals surface area contributed by atoms with Gasteiger partial charge in [0.15, 0.2) is 0 Å². The molecule has 5 nitrogen and oxygen atoms in total. The molecule has 0 radical (unpaired) electrons. The fourth-order valence-electron chi connectivity index (χ4n) is 3.29. The van der Waals surface area contributed by atoms with E-state index in [4.69, 9.17) is 9.47 Å². The maximum absolute atomic E-state index is 12.7. The Morgan fingerprint density at radius 1 is 1.16 bits per heavy atom. The first kappa shape index (κ1) is 17.7. The van der Waals surface area contributed by atoms with Gasteiger partial charge in [-0.25, -0.2) is 0 Å². The second-order valence-electron chi connectivity index (χ2n) is 6.78. The molecule has 1 aromatic rings. The third-order valence-corrected chi connectivity index (χ3v) is 4.83. The molecule has 3 atom stereocenters. The topological polar surface area (TPSA) is 64.6 Å². The van der Waals surface area contributed by atoms with Gasteiger partial charge in [0, 0.05) is 12.3 Å². The van der Waals surface area contributed by atoms with Crippen molar-refractivity contribution in [2.45, 2.75) is 38.7 Å². The zero-order valence-electron chi connectivity index (χ0n) is 14.6. The molecule has 1 saturated heterocycles. The summed E-state index contributed by atoms with van der Waals surface area (Å²) in [5.74, 6) is -1.27. The average Bonchev–Trinajstić information content (AvgIpc) is 3.15. The quantitative estimate of drug-likeness (QED) is 0.658. The van der Waals surface area contributed by atoms with E-state index in [1.165, 1.54) is 0 Å². The highest BCUT2D eigenvalue weighted by atomic mass is 16.6. The van der Waals surface area contributed by atoms with Gasteiger partial charge in [0.05, 0.1) is 17.9 Å². The standard InChI is InChI=1S/C20H25NO4/c1-14-8-10-15(11-9-14)21-19(22)17-6-2-3-7-18(17)20(23)25-13-16-5-4-12-24-16/h2-3,8-11,16-18H,4-7,12-13H2,1H3,(H,21,22)/t16-,17-,18-/m0/s1. The Morgan fingerprint density at radius 3 is 2.56 bits per heavy atom. The van der Waals surface area contributed by atoms with Crippen LogP contribution in [0.4, 0.5) is 5.69 Å². The molecule has 1 aromatic carbocycles. The predicted molar refractivity (Wildman–Crippen MR) is 95.1 cm³/mol. The monoisotopic (exact) mass is 343 g/mol. The molecule has 0 unspecified atom stereocenters. The van der Waals surface area contributed by atoms with Gasteiger partial charge >= 0.3 is 5.97 Å². The van der Waals surface area contributed by atoms with E-state index in [1.54, 1.807) is 0 Å². The first-order valence-corrected chi connectivity index (χ1v) is 8.94. The molecule has 3 rings (SSSR count). The molecule has 5 heteroatoms. The van der Waals surface area contributed by atoms with Gasteiger partial charge in [-0.1, -0.05) is 29.8 Å². The van der Waals surface area contributed by atoms with Crippen LogP contribution in [0.1, 0.15) is 31.2 Å². The Labute approximate surface area is 148 Å². The summed E-state index contributed by atoms with van der Waals surface area (Å²) in [4.78, 5) is 25.1. The summed E-state index contributed by atoms with van der Waals surface area (Å²) in [6, 6.07) is 7.64. The molecular formula is C20H25NO4. The van der Waals surface area contributed by atoms with Gasteiger partial charge < -0.3 is 14.8 Å². The van der Waals surface area contributed by atoms with Crippen LogP contribution in [0.25, 0.3) is 0 Å². The SMILES string of the molecule is Cc1ccc(NC(=O)[C@H]2CC=CC[C@@H]2C(=O)OC[C@@H]2CCCO2)cc1. The van der Waals surface area contributed by atoms with Crippen molar-refractivity contribution in [1.29, 1.82) is 0 Å². The number of amides is 1. The molecule has 2 aliphatic rings. The highest BCUT2D eigenvalue weighted by molar-refractivity contribution is 5.95. The Bertz CT molecular complexity index is 632. The van der Waals surface area contributed by atoms with E-state index in [9.17, 15) is 9.59 Å². The predicted octanol–water partition coefficient (Wildman–Crippen LogP) is 3.24. The minimum atomic E-state index is -0.433. The number of benzene rings is 1. The Morgan fingerprint density at radius 2 is 1.88 bits per heavy atom. The van der Waals surface area contributed by atoms with Crippen LogP contribution in [-0.2, 0) is 19.1 Å². The number of allylic oxidation sites excluding steroid dienone is 2.